The fourth-order valence-corrected chi connectivity index (χ4v) is 5.58. The second-order valence-corrected chi connectivity index (χ2v) is 10.7. The Kier molecular flexibility index (Phi) is 9.29. The minimum absolute atomic E-state index is 0.0392. The van der Waals surface area contributed by atoms with Gasteiger partial charge in [0, 0.05) is 25.3 Å². The Morgan fingerprint density at radius 2 is 1.93 bits per heavy atom. The average Bonchev–Trinajstić information content (AvgIpc) is 2.98. The number of anilines is 1. The van der Waals surface area contributed by atoms with E-state index in [9.17, 15) is 14.7 Å². The molecule has 1 amide bonds. The minimum Gasteiger partial charge on any atom is -0.481 e. The number of piperidine rings is 1. The van der Waals surface area contributed by atoms with Crippen LogP contribution in [0.4, 0.5) is 5.82 Å². The molecule has 0 bridgehead atoms. The van der Waals surface area contributed by atoms with E-state index < -0.39 is 11.9 Å². The Morgan fingerprint density at radius 1 is 1.07 bits per heavy atom. The van der Waals surface area contributed by atoms with E-state index in [1.807, 2.05) is 30.3 Å². The number of aromatic nitrogens is 1. The zero-order chi connectivity index (χ0) is 27.7. The zero-order valence-electron chi connectivity index (χ0n) is 22.9. The smallest absolute Gasteiger partial charge is 0.312 e. The molecule has 0 radical (unpaired) electrons. The number of fused-ring (bicyclic) bond motifs is 1. The summed E-state index contributed by atoms with van der Waals surface area (Å²) in [6, 6.07) is 20.8. The van der Waals surface area contributed by atoms with Gasteiger partial charge in [0.1, 0.15) is 17.3 Å². The van der Waals surface area contributed by atoms with E-state index in [2.05, 4.69) is 27.7 Å². The lowest BCUT2D eigenvalue weighted by molar-refractivity contribution is -0.138. The Bertz CT molecular complexity index is 1300. The molecule has 3 aromatic rings. The van der Waals surface area contributed by atoms with Crippen LogP contribution in [-0.4, -0.2) is 59.6 Å². The molecule has 0 saturated carbocycles. The number of hydrogen-bond acceptors (Lipinski definition) is 6. The lowest BCUT2D eigenvalue weighted by Crippen LogP contribution is -2.44. The van der Waals surface area contributed by atoms with Gasteiger partial charge in [-0.1, -0.05) is 36.4 Å². The maximum absolute atomic E-state index is 13.1. The van der Waals surface area contributed by atoms with Crippen molar-refractivity contribution >= 4 is 17.7 Å². The van der Waals surface area contributed by atoms with Gasteiger partial charge in [-0.25, -0.2) is 4.98 Å². The van der Waals surface area contributed by atoms with E-state index in [1.54, 1.807) is 24.3 Å². The monoisotopic (exact) mass is 542 g/mol. The van der Waals surface area contributed by atoms with Crippen LogP contribution in [0.5, 0.6) is 11.5 Å². The molecule has 2 aliphatic rings. The first-order valence-electron chi connectivity index (χ1n) is 14.3. The van der Waals surface area contributed by atoms with Gasteiger partial charge in [0.2, 0.25) is 5.91 Å². The number of pyridine rings is 1. The lowest BCUT2D eigenvalue weighted by atomic mass is 9.95. The number of amides is 1. The predicted molar refractivity (Wildman–Crippen MR) is 155 cm³/mol. The number of para-hydroxylation sites is 1. The van der Waals surface area contributed by atoms with E-state index >= 15 is 0 Å². The second kappa shape index (κ2) is 13.4. The van der Waals surface area contributed by atoms with E-state index in [0.717, 1.165) is 69.7 Å². The molecule has 2 atom stereocenters. The van der Waals surface area contributed by atoms with Crippen LogP contribution in [-0.2, 0) is 22.4 Å². The molecular formula is C32H38N4O4. The fraction of sp³-hybridized carbons (Fsp3) is 0.406. The molecular weight excluding hydrogens is 504 g/mol. The number of carboxylic acids is 1. The zero-order valence-corrected chi connectivity index (χ0v) is 22.9. The van der Waals surface area contributed by atoms with Crippen molar-refractivity contribution in [2.75, 3.05) is 38.0 Å². The molecule has 8 heteroatoms. The third kappa shape index (κ3) is 7.39. The number of rotatable bonds is 11. The van der Waals surface area contributed by atoms with E-state index in [1.165, 1.54) is 5.56 Å². The molecule has 2 aliphatic heterocycles. The molecule has 40 heavy (non-hydrogen) atoms. The van der Waals surface area contributed by atoms with Crippen LogP contribution in [0, 0.1) is 5.92 Å². The van der Waals surface area contributed by atoms with Gasteiger partial charge in [0.15, 0.2) is 0 Å². The van der Waals surface area contributed by atoms with E-state index in [0.29, 0.717) is 23.6 Å². The van der Waals surface area contributed by atoms with Gasteiger partial charge in [-0.2, -0.15) is 0 Å². The summed E-state index contributed by atoms with van der Waals surface area (Å²) in [4.78, 5) is 32.3. The number of likely N-dealkylation sites (tertiary alicyclic amines) is 1. The van der Waals surface area contributed by atoms with Crippen molar-refractivity contribution in [3.05, 3.63) is 83.6 Å². The average molecular weight is 543 g/mol. The number of benzene rings is 2. The Hall–Kier alpha value is -3.91. The normalized spacial score (nSPS) is 17.8. The summed E-state index contributed by atoms with van der Waals surface area (Å²) in [6.45, 7) is 3.63. The lowest BCUT2D eigenvalue weighted by Gasteiger charge is -2.32. The molecule has 0 spiro atoms. The highest BCUT2D eigenvalue weighted by molar-refractivity contribution is 5.81. The number of carboxylic acid groups (broad SMARTS) is 1. The maximum Gasteiger partial charge on any atom is 0.312 e. The van der Waals surface area contributed by atoms with Crippen molar-refractivity contribution in [3.63, 3.8) is 0 Å². The highest BCUT2D eigenvalue weighted by Crippen LogP contribution is 2.26. The van der Waals surface area contributed by atoms with Crippen molar-refractivity contribution in [3.8, 4) is 11.5 Å². The topological polar surface area (TPSA) is 104 Å². The van der Waals surface area contributed by atoms with Gasteiger partial charge in [0.05, 0.1) is 11.8 Å². The summed E-state index contributed by atoms with van der Waals surface area (Å²) >= 11 is 0. The molecule has 0 aliphatic carbocycles. The molecule has 5 rings (SSSR count). The number of aliphatic carboxylic acids is 1. The Balaban J connectivity index is 1.11. The van der Waals surface area contributed by atoms with Crippen molar-refractivity contribution in [2.45, 2.75) is 44.4 Å². The van der Waals surface area contributed by atoms with Gasteiger partial charge in [-0.15, -0.1) is 0 Å². The molecule has 1 saturated heterocycles. The quantitative estimate of drug-likeness (QED) is 0.318. The van der Waals surface area contributed by atoms with Crippen LogP contribution in [0.25, 0.3) is 0 Å². The summed E-state index contributed by atoms with van der Waals surface area (Å²) in [5.41, 5.74) is 3.01. The summed E-state index contributed by atoms with van der Waals surface area (Å²) in [5.74, 6) is 0.226. The second-order valence-electron chi connectivity index (χ2n) is 10.7. The van der Waals surface area contributed by atoms with Crippen molar-refractivity contribution in [2.24, 2.45) is 5.92 Å². The molecule has 210 valence electrons. The van der Waals surface area contributed by atoms with Crippen LogP contribution in [0.3, 0.4) is 0 Å². The fourth-order valence-electron chi connectivity index (χ4n) is 5.58. The van der Waals surface area contributed by atoms with Crippen LogP contribution >= 0.6 is 0 Å². The van der Waals surface area contributed by atoms with Crippen molar-refractivity contribution in [1.82, 2.24) is 15.2 Å². The van der Waals surface area contributed by atoms with Crippen molar-refractivity contribution in [1.29, 1.82) is 0 Å². The molecule has 2 aromatic carbocycles. The first-order valence-corrected chi connectivity index (χ1v) is 14.3. The molecule has 8 nitrogen and oxygen atoms in total. The van der Waals surface area contributed by atoms with Gasteiger partial charge in [0.25, 0.3) is 0 Å². The molecule has 1 aromatic heterocycles. The number of ether oxygens (including phenoxy) is 1. The largest absolute Gasteiger partial charge is 0.481 e. The Labute approximate surface area is 235 Å². The molecule has 1 unspecified atom stereocenters. The third-order valence-electron chi connectivity index (χ3n) is 7.75. The number of carbonyl (C=O) groups excluding carboxylic acids is 1. The van der Waals surface area contributed by atoms with Crippen molar-refractivity contribution < 1.29 is 19.4 Å². The van der Waals surface area contributed by atoms with Crippen LogP contribution in [0.1, 0.15) is 48.4 Å². The minimum atomic E-state index is -0.978. The molecule has 3 N–H and O–H groups in total. The summed E-state index contributed by atoms with van der Waals surface area (Å²) in [6.07, 6.45) is 5.93. The number of carbonyl (C=O) groups is 2. The highest BCUT2D eigenvalue weighted by Gasteiger charge is 2.28. The van der Waals surface area contributed by atoms with Gasteiger partial charge in [-0.05, 0) is 93.1 Å². The molecule has 3 heterocycles. The maximum atomic E-state index is 13.1. The van der Waals surface area contributed by atoms with Gasteiger partial charge >= 0.3 is 5.97 Å². The van der Waals surface area contributed by atoms with Crippen LogP contribution < -0.4 is 15.4 Å². The standard InChI is InChI=1S/C32H38N4O4/c37-31(34-21-29(32(38)39)24-8-4-14-28(20-24)40-27-12-2-1-3-13-27)25-10-6-18-36(22-25)19-7-11-26-16-15-23-9-5-17-33-30(23)35-26/h1-4,8,12-16,20,25,29H,5-7,9-11,17-19,21-22H2,(H,33,35)(H,34,37)(H,38,39)/t25-,29?/m1/s1. The molecule has 1 fully saturated rings. The van der Waals surface area contributed by atoms with E-state index in [-0.39, 0.29) is 18.4 Å². The number of nitrogens with one attached hydrogen (secondary N) is 2. The summed E-state index contributed by atoms with van der Waals surface area (Å²) in [5, 5.41) is 16.3. The Morgan fingerprint density at radius 3 is 2.77 bits per heavy atom. The summed E-state index contributed by atoms with van der Waals surface area (Å²) < 4.78 is 5.87. The summed E-state index contributed by atoms with van der Waals surface area (Å²) in [7, 11) is 0. The van der Waals surface area contributed by atoms with Crippen LogP contribution in [0.2, 0.25) is 0 Å². The van der Waals surface area contributed by atoms with Crippen LogP contribution in [0.15, 0.2) is 66.7 Å². The van der Waals surface area contributed by atoms with Gasteiger partial charge < -0.3 is 25.4 Å². The number of hydrogen-bond donors (Lipinski definition) is 3. The third-order valence-corrected chi connectivity index (χ3v) is 7.75. The van der Waals surface area contributed by atoms with E-state index in [4.69, 9.17) is 9.72 Å². The highest BCUT2D eigenvalue weighted by atomic mass is 16.5. The SMILES string of the molecule is O=C(O)C(CNC(=O)[C@@H]1CCCN(CCCc2ccc3c(n2)NCCC3)C1)c1cccc(Oc2ccccc2)c1. The van der Waals surface area contributed by atoms with Gasteiger partial charge in [-0.3, -0.25) is 9.59 Å². The predicted octanol–water partition coefficient (Wildman–Crippen LogP) is 4.86. The first kappa shape index (κ1) is 27.6. The number of aryl methyl sites for hydroxylation is 2. The number of nitrogens with zero attached hydrogens (tertiary/aromatic N) is 2. The first-order chi connectivity index (χ1) is 19.5.